The molecule has 0 unspecified atom stereocenters. The lowest BCUT2D eigenvalue weighted by Crippen LogP contribution is -2.47. The molecule has 1 aliphatic rings. The highest BCUT2D eigenvalue weighted by atomic mass is 127. The lowest BCUT2D eigenvalue weighted by Gasteiger charge is -2.34. The van der Waals surface area contributed by atoms with Crippen LogP contribution >= 0.6 is 24.0 Å². The van der Waals surface area contributed by atoms with Gasteiger partial charge < -0.3 is 20.9 Å². The molecule has 1 aromatic carbocycles. The summed E-state index contributed by atoms with van der Waals surface area (Å²) in [4.78, 5) is 30.1. The van der Waals surface area contributed by atoms with Crippen LogP contribution in [0.25, 0.3) is 0 Å². The monoisotopic (exact) mass is 519 g/mol. The van der Waals surface area contributed by atoms with Crippen LogP contribution in [0.1, 0.15) is 35.2 Å². The van der Waals surface area contributed by atoms with Crippen molar-refractivity contribution in [2.45, 2.75) is 26.2 Å². The van der Waals surface area contributed by atoms with Crippen molar-refractivity contribution in [2.75, 3.05) is 40.3 Å². The molecule has 1 saturated heterocycles. The second-order valence-electron chi connectivity index (χ2n) is 7.00. The molecule has 0 aliphatic carbocycles. The van der Waals surface area contributed by atoms with Gasteiger partial charge in [-0.2, -0.15) is 0 Å². The minimum absolute atomic E-state index is 0. The molecule has 2 amide bonds. The number of carbonyl (C=O) groups is 2. The Bertz CT molecular complexity index is 721. The van der Waals surface area contributed by atoms with E-state index in [1.165, 1.54) is 6.07 Å². The van der Waals surface area contributed by atoms with Crippen LogP contribution in [0.15, 0.2) is 23.2 Å². The van der Waals surface area contributed by atoms with Crippen LogP contribution in [0.5, 0.6) is 0 Å². The number of amides is 2. The predicted molar refractivity (Wildman–Crippen MR) is 123 cm³/mol. The molecular formula is C20H31FIN5O2. The summed E-state index contributed by atoms with van der Waals surface area (Å²) in [7, 11) is 3.39. The van der Waals surface area contributed by atoms with Crippen LogP contribution in [-0.4, -0.2) is 62.9 Å². The van der Waals surface area contributed by atoms with Crippen molar-refractivity contribution in [3.63, 3.8) is 0 Å². The number of piperidine rings is 1. The highest BCUT2D eigenvalue weighted by molar-refractivity contribution is 14.0. The number of likely N-dealkylation sites (tertiary alicyclic amines) is 1. The van der Waals surface area contributed by atoms with Gasteiger partial charge >= 0.3 is 0 Å². The Balaban J connectivity index is 0.00000420. The number of nitrogens with zero attached hydrogens (tertiary/aromatic N) is 2. The van der Waals surface area contributed by atoms with E-state index in [1.54, 1.807) is 33.2 Å². The van der Waals surface area contributed by atoms with Crippen molar-refractivity contribution < 1.29 is 14.0 Å². The van der Waals surface area contributed by atoms with E-state index in [2.05, 4.69) is 25.8 Å². The van der Waals surface area contributed by atoms with E-state index in [0.29, 0.717) is 36.6 Å². The van der Waals surface area contributed by atoms with Gasteiger partial charge in [0.1, 0.15) is 5.82 Å². The maximum absolute atomic E-state index is 13.6. The first-order valence-corrected chi connectivity index (χ1v) is 9.65. The number of carbonyl (C=O) groups excluding carboxylic acids is 2. The fourth-order valence-corrected chi connectivity index (χ4v) is 3.23. The van der Waals surface area contributed by atoms with Crippen LogP contribution in [0.3, 0.4) is 0 Å². The molecule has 1 aromatic rings. The zero-order valence-corrected chi connectivity index (χ0v) is 19.6. The van der Waals surface area contributed by atoms with E-state index in [1.807, 2.05) is 0 Å². The third-order valence-corrected chi connectivity index (χ3v) is 5.01. The molecule has 0 spiro atoms. The molecule has 1 fully saturated rings. The zero-order chi connectivity index (χ0) is 20.5. The van der Waals surface area contributed by atoms with Crippen LogP contribution in [0.2, 0.25) is 0 Å². The Morgan fingerprint density at radius 1 is 1.21 bits per heavy atom. The summed E-state index contributed by atoms with van der Waals surface area (Å²) in [5.41, 5.74) is 0.826. The number of aliphatic imine (C=N–C) groups is 1. The SMILES string of the molecule is CN=C(NCCNC(=O)c1ccc(C)c(F)c1)N1CCC(CC(=O)NC)CC1.I. The van der Waals surface area contributed by atoms with Gasteiger partial charge in [-0.15, -0.1) is 24.0 Å². The second-order valence-corrected chi connectivity index (χ2v) is 7.00. The number of hydrogen-bond acceptors (Lipinski definition) is 3. The number of guanidine groups is 1. The summed E-state index contributed by atoms with van der Waals surface area (Å²) in [6, 6.07) is 4.46. The first-order chi connectivity index (χ1) is 13.4. The summed E-state index contributed by atoms with van der Waals surface area (Å²) in [6.07, 6.45) is 2.47. The van der Waals surface area contributed by atoms with Gasteiger partial charge in [0, 0.05) is 52.3 Å². The molecule has 0 aromatic heterocycles. The summed E-state index contributed by atoms with van der Waals surface area (Å²) in [5.74, 6) is 0.597. The normalized spacial score (nSPS) is 14.8. The Hall–Kier alpha value is -1.91. The van der Waals surface area contributed by atoms with Gasteiger partial charge in [-0.25, -0.2) is 4.39 Å². The van der Waals surface area contributed by atoms with Gasteiger partial charge in [0.15, 0.2) is 5.96 Å². The summed E-state index contributed by atoms with van der Waals surface area (Å²) in [6.45, 7) is 4.27. The molecule has 2 rings (SSSR count). The largest absolute Gasteiger partial charge is 0.359 e. The van der Waals surface area contributed by atoms with Crippen molar-refractivity contribution in [1.29, 1.82) is 0 Å². The summed E-state index contributed by atoms with van der Waals surface area (Å²) >= 11 is 0. The van der Waals surface area contributed by atoms with Crippen LogP contribution < -0.4 is 16.0 Å². The number of hydrogen-bond donors (Lipinski definition) is 3. The van der Waals surface area contributed by atoms with Crippen LogP contribution in [-0.2, 0) is 4.79 Å². The Labute approximate surface area is 188 Å². The molecule has 0 atom stereocenters. The van der Waals surface area contributed by atoms with E-state index >= 15 is 0 Å². The smallest absolute Gasteiger partial charge is 0.251 e. The van der Waals surface area contributed by atoms with Crippen molar-refractivity contribution in [3.05, 3.63) is 35.1 Å². The Morgan fingerprint density at radius 3 is 2.45 bits per heavy atom. The Morgan fingerprint density at radius 2 is 1.86 bits per heavy atom. The quantitative estimate of drug-likeness (QED) is 0.232. The van der Waals surface area contributed by atoms with Gasteiger partial charge in [-0.05, 0) is 43.4 Å². The van der Waals surface area contributed by atoms with E-state index in [0.717, 1.165) is 31.9 Å². The number of nitrogens with one attached hydrogen (secondary N) is 3. The molecule has 3 N–H and O–H groups in total. The zero-order valence-electron chi connectivity index (χ0n) is 17.3. The maximum atomic E-state index is 13.6. The third kappa shape index (κ3) is 7.79. The second kappa shape index (κ2) is 12.6. The molecule has 0 radical (unpaired) electrons. The minimum Gasteiger partial charge on any atom is -0.359 e. The first kappa shape index (κ1) is 25.1. The van der Waals surface area contributed by atoms with Gasteiger partial charge in [-0.3, -0.25) is 14.6 Å². The first-order valence-electron chi connectivity index (χ1n) is 9.65. The van der Waals surface area contributed by atoms with Gasteiger partial charge in [0.05, 0.1) is 0 Å². The highest BCUT2D eigenvalue weighted by Gasteiger charge is 2.22. The lowest BCUT2D eigenvalue weighted by molar-refractivity contribution is -0.121. The van der Waals surface area contributed by atoms with Crippen molar-refractivity contribution in [2.24, 2.45) is 10.9 Å². The molecular weight excluding hydrogens is 488 g/mol. The van der Waals surface area contributed by atoms with E-state index in [4.69, 9.17) is 0 Å². The molecule has 29 heavy (non-hydrogen) atoms. The van der Waals surface area contributed by atoms with Crippen molar-refractivity contribution >= 4 is 41.8 Å². The van der Waals surface area contributed by atoms with E-state index in [-0.39, 0.29) is 41.6 Å². The molecule has 0 saturated carbocycles. The maximum Gasteiger partial charge on any atom is 0.251 e. The molecule has 0 bridgehead atoms. The summed E-state index contributed by atoms with van der Waals surface area (Å²) < 4.78 is 13.6. The topological polar surface area (TPSA) is 85.8 Å². The minimum atomic E-state index is -0.383. The van der Waals surface area contributed by atoms with Crippen molar-refractivity contribution in [3.8, 4) is 0 Å². The molecule has 7 nitrogen and oxygen atoms in total. The number of halogens is 2. The van der Waals surface area contributed by atoms with Crippen LogP contribution in [0, 0.1) is 18.7 Å². The predicted octanol–water partition coefficient (Wildman–Crippen LogP) is 1.91. The van der Waals surface area contributed by atoms with Crippen molar-refractivity contribution in [1.82, 2.24) is 20.9 Å². The average molecular weight is 519 g/mol. The molecule has 162 valence electrons. The molecule has 1 aliphatic heterocycles. The van der Waals surface area contributed by atoms with Gasteiger partial charge in [0.2, 0.25) is 5.91 Å². The standard InChI is InChI=1S/C20H30FN5O2.HI/c1-14-4-5-16(13-17(14)21)19(28)24-8-9-25-20(23-3)26-10-6-15(7-11-26)12-18(27)22-2;/h4-5,13,15H,6-12H2,1-3H3,(H,22,27)(H,23,25)(H,24,28);1H. The third-order valence-electron chi connectivity index (χ3n) is 5.01. The van der Waals surface area contributed by atoms with Gasteiger partial charge in [0.25, 0.3) is 5.91 Å². The highest BCUT2D eigenvalue weighted by Crippen LogP contribution is 2.20. The Kier molecular flexibility index (Phi) is 10.9. The fourth-order valence-electron chi connectivity index (χ4n) is 3.23. The summed E-state index contributed by atoms with van der Waals surface area (Å²) in [5, 5.41) is 8.69. The fraction of sp³-hybridized carbons (Fsp3) is 0.550. The van der Waals surface area contributed by atoms with Crippen LogP contribution in [0.4, 0.5) is 4.39 Å². The number of aryl methyl sites for hydroxylation is 1. The molecule has 9 heteroatoms. The lowest BCUT2D eigenvalue weighted by atomic mass is 9.93. The van der Waals surface area contributed by atoms with E-state index < -0.39 is 0 Å². The average Bonchev–Trinajstić information content (AvgIpc) is 2.70. The number of benzene rings is 1. The van der Waals surface area contributed by atoms with E-state index in [9.17, 15) is 14.0 Å². The van der Waals surface area contributed by atoms with Gasteiger partial charge in [-0.1, -0.05) is 6.07 Å². The number of rotatable bonds is 6. The molecule has 1 heterocycles.